The van der Waals surface area contributed by atoms with Crippen molar-refractivity contribution >= 4 is 5.91 Å². The van der Waals surface area contributed by atoms with E-state index in [1.807, 2.05) is 37.3 Å². The Morgan fingerprint density at radius 1 is 1.39 bits per heavy atom. The average molecular weight is 251 g/mol. The van der Waals surface area contributed by atoms with E-state index in [0.29, 0.717) is 12.8 Å². The summed E-state index contributed by atoms with van der Waals surface area (Å²) in [7, 11) is 1.63. The SMILES string of the molecule is COC(C)CCC(=O)NCC(O)c1ccccc1. The number of aliphatic hydroxyl groups excluding tert-OH is 1. The van der Waals surface area contributed by atoms with Crippen LogP contribution >= 0.6 is 0 Å². The molecule has 0 aliphatic rings. The summed E-state index contributed by atoms with van der Waals surface area (Å²) in [6, 6.07) is 9.29. The van der Waals surface area contributed by atoms with Gasteiger partial charge in [-0.2, -0.15) is 0 Å². The second kappa shape index (κ2) is 7.84. The van der Waals surface area contributed by atoms with Crippen molar-refractivity contribution in [2.75, 3.05) is 13.7 Å². The van der Waals surface area contributed by atoms with Gasteiger partial charge in [-0.1, -0.05) is 30.3 Å². The van der Waals surface area contributed by atoms with Gasteiger partial charge in [-0.05, 0) is 18.9 Å². The van der Waals surface area contributed by atoms with Crippen LogP contribution in [-0.2, 0) is 9.53 Å². The summed E-state index contributed by atoms with van der Waals surface area (Å²) in [4.78, 5) is 11.5. The highest BCUT2D eigenvalue weighted by molar-refractivity contribution is 5.75. The molecule has 1 amide bonds. The predicted octanol–water partition coefficient (Wildman–Crippen LogP) is 1.65. The van der Waals surface area contributed by atoms with E-state index in [-0.39, 0.29) is 18.6 Å². The Labute approximate surface area is 108 Å². The molecule has 0 saturated heterocycles. The minimum Gasteiger partial charge on any atom is -0.387 e. The number of hydrogen-bond acceptors (Lipinski definition) is 3. The molecule has 4 nitrogen and oxygen atoms in total. The van der Waals surface area contributed by atoms with Gasteiger partial charge in [-0.3, -0.25) is 4.79 Å². The number of aliphatic hydroxyl groups is 1. The number of amides is 1. The van der Waals surface area contributed by atoms with Crippen LogP contribution < -0.4 is 5.32 Å². The molecule has 2 N–H and O–H groups in total. The van der Waals surface area contributed by atoms with Crippen LogP contribution in [0.2, 0.25) is 0 Å². The fourth-order valence-corrected chi connectivity index (χ4v) is 1.54. The largest absolute Gasteiger partial charge is 0.387 e. The van der Waals surface area contributed by atoms with Gasteiger partial charge in [0.15, 0.2) is 0 Å². The molecule has 0 aliphatic carbocycles. The highest BCUT2D eigenvalue weighted by atomic mass is 16.5. The van der Waals surface area contributed by atoms with Crippen molar-refractivity contribution < 1.29 is 14.6 Å². The Bertz CT molecular complexity index is 353. The van der Waals surface area contributed by atoms with Crippen molar-refractivity contribution in [3.05, 3.63) is 35.9 Å². The number of rotatable bonds is 7. The van der Waals surface area contributed by atoms with Gasteiger partial charge in [0.1, 0.15) is 0 Å². The maximum Gasteiger partial charge on any atom is 0.220 e. The van der Waals surface area contributed by atoms with Gasteiger partial charge < -0.3 is 15.2 Å². The zero-order valence-electron chi connectivity index (χ0n) is 10.9. The minimum atomic E-state index is -0.657. The lowest BCUT2D eigenvalue weighted by molar-refractivity contribution is -0.122. The van der Waals surface area contributed by atoms with E-state index in [2.05, 4.69) is 5.32 Å². The first-order valence-corrected chi connectivity index (χ1v) is 6.16. The molecular formula is C14H21NO3. The lowest BCUT2D eigenvalue weighted by atomic mass is 10.1. The topological polar surface area (TPSA) is 58.6 Å². The molecule has 1 aromatic rings. The Hall–Kier alpha value is -1.39. The van der Waals surface area contributed by atoms with Crippen LogP contribution in [0.4, 0.5) is 0 Å². The molecule has 0 heterocycles. The van der Waals surface area contributed by atoms with Crippen LogP contribution in [0.3, 0.4) is 0 Å². The quantitative estimate of drug-likeness (QED) is 0.774. The number of hydrogen-bond donors (Lipinski definition) is 2. The predicted molar refractivity (Wildman–Crippen MR) is 70.1 cm³/mol. The zero-order valence-corrected chi connectivity index (χ0v) is 10.9. The van der Waals surface area contributed by atoms with Crippen LogP contribution in [-0.4, -0.2) is 30.8 Å². The van der Waals surface area contributed by atoms with Gasteiger partial charge in [-0.25, -0.2) is 0 Å². The smallest absolute Gasteiger partial charge is 0.220 e. The molecule has 0 aliphatic heterocycles. The molecule has 0 radical (unpaired) electrons. The Kier molecular flexibility index (Phi) is 6.39. The van der Waals surface area contributed by atoms with E-state index in [1.54, 1.807) is 7.11 Å². The van der Waals surface area contributed by atoms with Crippen LogP contribution in [0.25, 0.3) is 0 Å². The molecule has 4 heteroatoms. The van der Waals surface area contributed by atoms with E-state index in [0.717, 1.165) is 5.56 Å². The Morgan fingerprint density at radius 2 is 2.06 bits per heavy atom. The molecule has 1 rings (SSSR count). The minimum absolute atomic E-state index is 0.0612. The molecule has 0 bridgehead atoms. The van der Waals surface area contributed by atoms with Crippen molar-refractivity contribution in [2.45, 2.75) is 32.0 Å². The summed E-state index contributed by atoms with van der Waals surface area (Å²) in [5.74, 6) is -0.0612. The third-order valence-electron chi connectivity index (χ3n) is 2.86. The standard InChI is InChI=1S/C14H21NO3/c1-11(18-2)8-9-14(17)15-10-13(16)12-6-4-3-5-7-12/h3-7,11,13,16H,8-10H2,1-2H3,(H,15,17). The van der Waals surface area contributed by atoms with Crippen molar-refractivity contribution in [3.63, 3.8) is 0 Å². The summed E-state index contributed by atoms with van der Waals surface area (Å²) in [5.41, 5.74) is 0.808. The molecule has 0 fully saturated rings. The van der Waals surface area contributed by atoms with Crippen molar-refractivity contribution in [2.24, 2.45) is 0 Å². The fourth-order valence-electron chi connectivity index (χ4n) is 1.54. The highest BCUT2D eigenvalue weighted by Crippen LogP contribution is 2.10. The number of benzene rings is 1. The van der Waals surface area contributed by atoms with Gasteiger partial charge >= 0.3 is 0 Å². The van der Waals surface area contributed by atoms with Gasteiger partial charge in [0.2, 0.25) is 5.91 Å². The van der Waals surface area contributed by atoms with Gasteiger partial charge in [0, 0.05) is 20.1 Å². The molecule has 100 valence electrons. The summed E-state index contributed by atoms with van der Waals surface area (Å²) in [6.45, 7) is 2.16. The molecule has 0 aromatic heterocycles. The van der Waals surface area contributed by atoms with Crippen molar-refractivity contribution in [3.8, 4) is 0 Å². The molecular weight excluding hydrogens is 230 g/mol. The highest BCUT2D eigenvalue weighted by Gasteiger charge is 2.10. The number of carbonyl (C=O) groups is 1. The van der Waals surface area contributed by atoms with E-state index >= 15 is 0 Å². The van der Waals surface area contributed by atoms with Crippen molar-refractivity contribution in [1.82, 2.24) is 5.32 Å². The summed E-state index contributed by atoms with van der Waals surface area (Å²) < 4.78 is 5.07. The molecule has 2 atom stereocenters. The number of carbonyl (C=O) groups excluding carboxylic acids is 1. The van der Waals surface area contributed by atoms with Gasteiger partial charge in [0.05, 0.1) is 12.2 Å². The summed E-state index contributed by atoms with van der Waals surface area (Å²) >= 11 is 0. The maximum atomic E-state index is 11.5. The lowest BCUT2D eigenvalue weighted by Gasteiger charge is -2.13. The number of nitrogens with one attached hydrogen (secondary N) is 1. The first kappa shape index (κ1) is 14.7. The average Bonchev–Trinajstić information content (AvgIpc) is 2.42. The molecule has 0 spiro atoms. The molecule has 18 heavy (non-hydrogen) atoms. The normalized spacial score (nSPS) is 13.9. The fraction of sp³-hybridized carbons (Fsp3) is 0.500. The summed E-state index contributed by atoms with van der Waals surface area (Å²) in [6.07, 6.45) is 0.519. The third kappa shape index (κ3) is 5.29. The van der Waals surface area contributed by atoms with Crippen LogP contribution in [0.15, 0.2) is 30.3 Å². The molecule has 1 aromatic carbocycles. The zero-order chi connectivity index (χ0) is 13.4. The van der Waals surface area contributed by atoms with Crippen molar-refractivity contribution in [1.29, 1.82) is 0 Å². The third-order valence-corrected chi connectivity index (χ3v) is 2.86. The second-order valence-electron chi connectivity index (χ2n) is 4.32. The van der Waals surface area contributed by atoms with Gasteiger partial charge in [-0.15, -0.1) is 0 Å². The number of ether oxygens (including phenoxy) is 1. The molecule has 2 unspecified atom stereocenters. The van der Waals surface area contributed by atoms with Crippen LogP contribution in [0.1, 0.15) is 31.4 Å². The van der Waals surface area contributed by atoms with Gasteiger partial charge in [0.25, 0.3) is 0 Å². The first-order valence-electron chi connectivity index (χ1n) is 6.16. The maximum absolute atomic E-state index is 11.5. The van der Waals surface area contributed by atoms with E-state index in [1.165, 1.54) is 0 Å². The lowest BCUT2D eigenvalue weighted by Crippen LogP contribution is -2.28. The Morgan fingerprint density at radius 3 is 2.67 bits per heavy atom. The summed E-state index contributed by atoms with van der Waals surface area (Å²) in [5, 5.41) is 12.6. The monoisotopic (exact) mass is 251 g/mol. The first-order chi connectivity index (χ1) is 8.63. The number of methoxy groups -OCH3 is 1. The second-order valence-corrected chi connectivity index (χ2v) is 4.32. The Balaban J connectivity index is 2.26. The molecule has 0 saturated carbocycles. The van der Waals surface area contributed by atoms with E-state index < -0.39 is 6.10 Å². The van der Waals surface area contributed by atoms with E-state index in [4.69, 9.17) is 4.74 Å². The van der Waals surface area contributed by atoms with E-state index in [9.17, 15) is 9.90 Å². The van der Waals surface area contributed by atoms with Crippen LogP contribution in [0.5, 0.6) is 0 Å². The van der Waals surface area contributed by atoms with Crippen LogP contribution in [0, 0.1) is 0 Å².